The van der Waals surface area contributed by atoms with Crippen molar-refractivity contribution in [1.82, 2.24) is 0 Å². The fourth-order valence-electron chi connectivity index (χ4n) is 2.12. The number of benzene rings is 1. The van der Waals surface area contributed by atoms with Crippen molar-refractivity contribution in [1.29, 1.82) is 0 Å². The molecule has 1 amide bonds. The number of rotatable bonds is 3. The summed E-state index contributed by atoms with van der Waals surface area (Å²) in [5.41, 5.74) is 1.18. The van der Waals surface area contributed by atoms with E-state index in [-0.39, 0.29) is 5.91 Å². The zero-order valence-electron chi connectivity index (χ0n) is 11.2. The van der Waals surface area contributed by atoms with Crippen LogP contribution in [0.1, 0.15) is 25.8 Å². The van der Waals surface area contributed by atoms with Crippen LogP contribution in [0, 0.1) is 6.92 Å². The van der Waals surface area contributed by atoms with Crippen molar-refractivity contribution < 1.29 is 9.53 Å². The molecule has 1 aliphatic heterocycles. The van der Waals surface area contributed by atoms with Crippen LogP contribution in [-0.2, 0) is 4.79 Å². The van der Waals surface area contributed by atoms with Gasteiger partial charge in [0.2, 0.25) is 0 Å². The highest BCUT2D eigenvalue weighted by Gasteiger charge is 2.40. The van der Waals surface area contributed by atoms with E-state index < -0.39 is 5.60 Å². The quantitative estimate of drug-likeness (QED) is 0.766. The van der Waals surface area contributed by atoms with Gasteiger partial charge in [-0.15, -0.1) is 6.58 Å². The first-order valence-corrected chi connectivity index (χ1v) is 6.18. The summed E-state index contributed by atoms with van der Waals surface area (Å²) >= 11 is 0. The maximum absolute atomic E-state index is 12.4. The number of hydrogen-bond donors (Lipinski definition) is 0. The van der Waals surface area contributed by atoms with E-state index in [1.807, 2.05) is 31.2 Å². The summed E-state index contributed by atoms with van der Waals surface area (Å²) in [6.07, 6.45) is 2.60. The smallest absolute Gasteiger partial charge is 0.270 e. The fourth-order valence-corrected chi connectivity index (χ4v) is 2.12. The Bertz CT molecular complexity index is 491. The highest BCUT2D eigenvalue weighted by molar-refractivity contribution is 6.02. The van der Waals surface area contributed by atoms with Gasteiger partial charge in [0.05, 0.1) is 5.69 Å². The normalized spacial score (nSPS) is 17.1. The lowest BCUT2D eigenvalue weighted by Gasteiger charge is -2.38. The average Bonchev–Trinajstić information content (AvgIpc) is 2.31. The molecule has 0 unspecified atom stereocenters. The number of nitrogens with zero attached hydrogens (tertiary/aromatic N) is 1. The van der Waals surface area contributed by atoms with Crippen molar-refractivity contribution in [3.63, 3.8) is 0 Å². The van der Waals surface area contributed by atoms with Crippen LogP contribution in [-0.4, -0.2) is 18.1 Å². The van der Waals surface area contributed by atoms with E-state index in [2.05, 4.69) is 6.58 Å². The van der Waals surface area contributed by atoms with Gasteiger partial charge >= 0.3 is 0 Å². The molecule has 3 heteroatoms. The van der Waals surface area contributed by atoms with Gasteiger partial charge < -0.3 is 9.64 Å². The molecule has 1 aromatic rings. The molecule has 0 bridgehead atoms. The Morgan fingerprint density at radius 1 is 1.44 bits per heavy atom. The molecule has 18 heavy (non-hydrogen) atoms. The van der Waals surface area contributed by atoms with Crippen LogP contribution in [0.15, 0.2) is 30.9 Å². The first-order chi connectivity index (χ1) is 8.45. The van der Waals surface area contributed by atoms with Crippen LogP contribution in [0.2, 0.25) is 0 Å². The zero-order chi connectivity index (χ0) is 13.3. The summed E-state index contributed by atoms with van der Waals surface area (Å²) in [5.74, 6) is 0.775. The lowest BCUT2D eigenvalue weighted by Crippen LogP contribution is -2.52. The number of anilines is 1. The third kappa shape index (κ3) is 2.13. The minimum Gasteiger partial charge on any atom is -0.476 e. The summed E-state index contributed by atoms with van der Waals surface area (Å²) in [5, 5.41) is 0. The molecule has 0 N–H and O–H groups in total. The molecule has 0 atom stereocenters. The predicted molar refractivity (Wildman–Crippen MR) is 73.1 cm³/mol. The Hall–Kier alpha value is -1.77. The largest absolute Gasteiger partial charge is 0.476 e. The van der Waals surface area contributed by atoms with Crippen molar-refractivity contribution in [3.8, 4) is 5.75 Å². The maximum atomic E-state index is 12.4. The number of aryl methyl sites for hydroxylation is 1. The number of ether oxygens (including phenoxy) is 1. The van der Waals surface area contributed by atoms with Gasteiger partial charge in [-0.3, -0.25) is 4.79 Å². The molecule has 0 fully saturated rings. The van der Waals surface area contributed by atoms with Crippen molar-refractivity contribution >= 4 is 11.6 Å². The SMILES string of the molecule is C=CCCN1C(=O)C(C)(C)Oc2ccc(C)cc21. The Morgan fingerprint density at radius 2 is 2.17 bits per heavy atom. The van der Waals surface area contributed by atoms with Crippen molar-refractivity contribution in [2.45, 2.75) is 32.8 Å². The molecule has 1 heterocycles. The summed E-state index contributed by atoms with van der Waals surface area (Å²) in [6.45, 7) is 9.97. The number of hydrogen-bond acceptors (Lipinski definition) is 2. The summed E-state index contributed by atoms with van der Waals surface area (Å²) in [6, 6.07) is 5.92. The number of carbonyl (C=O) groups is 1. The van der Waals surface area contributed by atoms with E-state index in [9.17, 15) is 4.79 Å². The molecule has 1 aliphatic rings. The minimum atomic E-state index is -0.802. The van der Waals surface area contributed by atoms with E-state index in [1.165, 1.54) is 0 Å². The van der Waals surface area contributed by atoms with Crippen LogP contribution in [0.5, 0.6) is 5.75 Å². The fraction of sp³-hybridized carbons (Fsp3) is 0.400. The van der Waals surface area contributed by atoms with E-state index in [0.29, 0.717) is 6.54 Å². The second-order valence-corrected chi connectivity index (χ2v) is 5.12. The Labute approximate surface area is 108 Å². The molecule has 0 saturated carbocycles. The molecule has 3 nitrogen and oxygen atoms in total. The highest BCUT2D eigenvalue weighted by Crippen LogP contribution is 2.38. The predicted octanol–water partition coefficient (Wildman–Crippen LogP) is 3.08. The Balaban J connectivity index is 2.46. The lowest BCUT2D eigenvalue weighted by atomic mass is 10.0. The van der Waals surface area contributed by atoms with Crippen LogP contribution >= 0.6 is 0 Å². The second kappa shape index (κ2) is 4.48. The van der Waals surface area contributed by atoms with Gasteiger partial charge in [0, 0.05) is 6.54 Å². The summed E-state index contributed by atoms with van der Waals surface area (Å²) in [4.78, 5) is 14.2. The van der Waals surface area contributed by atoms with Crippen LogP contribution in [0.3, 0.4) is 0 Å². The van der Waals surface area contributed by atoms with Gasteiger partial charge in [-0.1, -0.05) is 12.1 Å². The first kappa shape index (κ1) is 12.7. The van der Waals surface area contributed by atoms with Crippen molar-refractivity contribution in [3.05, 3.63) is 36.4 Å². The Kier molecular flexibility index (Phi) is 3.16. The average molecular weight is 245 g/mol. The molecule has 96 valence electrons. The molecule has 0 radical (unpaired) electrons. The number of amides is 1. The van der Waals surface area contributed by atoms with Gasteiger partial charge in [-0.05, 0) is 44.9 Å². The van der Waals surface area contributed by atoms with Gasteiger partial charge in [0.1, 0.15) is 5.75 Å². The molecular formula is C15H19NO2. The van der Waals surface area contributed by atoms with Gasteiger partial charge in [0.15, 0.2) is 5.60 Å². The molecule has 1 aromatic carbocycles. The van der Waals surface area contributed by atoms with E-state index in [4.69, 9.17) is 4.74 Å². The standard InChI is InChI=1S/C15H19NO2/c1-5-6-9-16-12-10-11(2)7-8-13(12)18-15(3,4)14(16)17/h5,7-8,10H,1,6,9H2,2-4H3. The van der Waals surface area contributed by atoms with Gasteiger partial charge in [-0.2, -0.15) is 0 Å². The first-order valence-electron chi connectivity index (χ1n) is 6.18. The molecule has 0 saturated heterocycles. The number of fused-ring (bicyclic) bond motifs is 1. The highest BCUT2D eigenvalue weighted by atomic mass is 16.5. The van der Waals surface area contributed by atoms with Crippen LogP contribution in [0.25, 0.3) is 0 Å². The summed E-state index contributed by atoms with van der Waals surface area (Å²) in [7, 11) is 0. The zero-order valence-corrected chi connectivity index (χ0v) is 11.2. The molecule has 0 aliphatic carbocycles. The second-order valence-electron chi connectivity index (χ2n) is 5.12. The van der Waals surface area contributed by atoms with Gasteiger partial charge in [-0.25, -0.2) is 0 Å². The van der Waals surface area contributed by atoms with E-state index in [0.717, 1.165) is 23.4 Å². The summed E-state index contributed by atoms with van der Waals surface area (Å²) < 4.78 is 5.78. The lowest BCUT2D eigenvalue weighted by molar-refractivity contribution is -0.132. The molecular weight excluding hydrogens is 226 g/mol. The Morgan fingerprint density at radius 3 is 2.83 bits per heavy atom. The molecule has 0 spiro atoms. The van der Waals surface area contributed by atoms with Crippen LogP contribution < -0.4 is 9.64 Å². The van der Waals surface area contributed by atoms with Crippen molar-refractivity contribution in [2.24, 2.45) is 0 Å². The van der Waals surface area contributed by atoms with E-state index in [1.54, 1.807) is 18.7 Å². The number of carbonyl (C=O) groups excluding carboxylic acids is 1. The van der Waals surface area contributed by atoms with Gasteiger partial charge in [0.25, 0.3) is 5.91 Å². The third-order valence-corrected chi connectivity index (χ3v) is 3.09. The molecule has 0 aromatic heterocycles. The van der Waals surface area contributed by atoms with Crippen LogP contribution in [0.4, 0.5) is 5.69 Å². The maximum Gasteiger partial charge on any atom is 0.270 e. The topological polar surface area (TPSA) is 29.5 Å². The third-order valence-electron chi connectivity index (χ3n) is 3.09. The molecule has 2 rings (SSSR count). The minimum absolute atomic E-state index is 0.00227. The van der Waals surface area contributed by atoms with Crippen molar-refractivity contribution in [2.75, 3.05) is 11.4 Å². The van der Waals surface area contributed by atoms with E-state index >= 15 is 0 Å². The monoisotopic (exact) mass is 245 g/mol.